The Hall–Kier alpha value is -2.54. The molecule has 3 rings (SSSR count). The Morgan fingerprint density at radius 3 is 2.53 bits per heavy atom. The smallest absolute Gasteiger partial charge is 0.236 e. The third-order valence-electron chi connectivity index (χ3n) is 5.72. The summed E-state index contributed by atoms with van der Waals surface area (Å²) < 4.78 is 5.74. The van der Waals surface area contributed by atoms with Crippen LogP contribution in [0.4, 0.5) is 0 Å². The number of carbonyl (C=O) groups excluding carboxylic acids is 1. The third-order valence-corrected chi connectivity index (χ3v) is 5.72. The second-order valence-electron chi connectivity index (χ2n) is 7.81. The molecule has 164 valence electrons. The second kappa shape index (κ2) is 11.6. The van der Waals surface area contributed by atoms with Crippen LogP contribution in [-0.2, 0) is 11.3 Å². The van der Waals surface area contributed by atoms with Crippen molar-refractivity contribution in [3.63, 3.8) is 0 Å². The summed E-state index contributed by atoms with van der Waals surface area (Å²) in [6.07, 6.45) is 5.28. The molecule has 1 amide bonds. The monoisotopic (exact) mass is 413 g/mol. The van der Waals surface area contributed by atoms with E-state index >= 15 is 0 Å². The quantitative estimate of drug-likeness (QED) is 0.421. The van der Waals surface area contributed by atoms with Gasteiger partial charge in [0.2, 0.25) is 5.91 Å². The molecule has 0 saturated carbocycles. The molecule has 2 saturated heterocycles. The van der Waals surface area contributed by atoms with Crippen LogP contribution in [-0.4, -0.2) is 86.0 Å². The molecule has 2 aliphatic heterocycles. The van der Waals surface area contributed by atoms with Crippen LogP contribution in [0.1, 0.15) is 24.8 Å². The fourth-order valence-corrected chi connectivity index (χ4v) is 4.00. The number of hydrogen-bond donors (Lipinski definition) is 1. The van der Waals surface area contributed by atoms with Crippen LogP contribution in [0.25, 0.3) is 0 Å². The number of aliphatic imine (C=N–C) groups is 1. The summed E-state index contributed by atoms with van der Waals surface area (Å²) in [5.41, 5.74) is 1.09. The lowest BCUT2D eigenvalue weighted by Gasteiger charge is -2.37. The zero-order chi connectivity index (χ0) is 21.2. The highest BCUT2D eigenvalue weighted by Gasteiger charge is 2.24. The summed E-state index contributed by atoms with van der Waals surface area (Å²) >= 11 is 0. The van der Waals surface area contributed by atoms with Crippen LogP contribution in [0, 0.1) is 0 Å². The first-order valence-electron chi connectivity index (χ1n) is 11.0. The minimum atomic E-state index is 0.279. The Balaban J connectivity index is 1.46. The average Bonchev–Trinajstić information content (AvgIpc) is 2.80. The number of guanidine groups is 1. The Morgan fingerprint density at radius 2 is 1.83 bits per heavy atom. The standard InChI is InChI=1S/C23H35N5O2/c1-3-17-30-21-10-6-5-9-20(21)18-25-23(24-2)28-15-13-26(14-16-28)19-22(29)27-11-7-4-8-12-27/h3,5-6,9-10H,1,4,7-8,11-19H2,2H3,(H,24,25). The van der Waals surface area contributed by atoms with Gasteiger partial charge in [-0.1, -0.05) is 30.9 Å². The molecule has 1 aromatic carbocycles. The third kappa shape index (κ3) is 6.23. The lowest BCUT2D eigenvalue weighted by atomic mass is 10.1. The topological polar surface area (TPSA) is 60.4 Å². The number of amides is 1. The van der Waals surface area contributed by atoms with Crippen molar-refractivity contribution in [3.8, 4) is 5.75 Å². The maximum atomic E-state index is 12.5. The summed E-state index contributed by atoms with van der Waals surface area (Å²) in [4.78, 5) is 23.5. The molecule has 0 spiro atoms. The number of carbonyl (C=O) groups is 1. The number of nitrogens with one attached hydrogen (secondary N) is 1. The zero-order valence-electron chi connectivity index (χ0n) is 18.2. The van der Waals surface area contributed by atoms with Gasteiger partial charge in [-0.05, 0) is 25.3 Å². The minimum Gasteiger partial charge on any atom is -0.489 e. The Labute approximate surface area is 180 Å². The van der Waals surface area contributed by atoms with Crippen molar-refractivity contribution in [2.75, 3.05) is 59.5 Å². The van der Waals surface area contributed by atoms with Gasteiger partial charge < -0.3 is 19.9 Å². The van der Waals surface area contributed by atoms with Gasteiger partial charge in [0, 0.05) is 58.4 Å². The van der Waals surface area contributed by atoms with E-state index < -0.39 is 0 Å². The van der Waals surface area contributed by atoms with E-state index in [1.54, 1.807) is 6.08 Å². The molecule has 0 radical (unpaired) electrons. The summed E-state index contributed by atoms with van der Waals surface area (Å²) in [5.74, 6) is 2.03. The number of piperazine rings is 1. The highest BCUT2D eigenvalue weighted by atomic mass is 16.5. The molecule has 0 unspecified atom stereocenters. The maximum Gasteiger partial charge on any atom is 0.236 e. The lowest BCUT2D eigenvalue weighted by Crippen LogP contribution is -2.54. The number of likely N-dealkylation sites (tertiary alicyclic amines) is 1. The highest BCUT2D eigenvalue weighted by Crippen LogP contribution is 2.18. The normalized spacial score (nSPS) is 18.2. The first kappa shape index (κ1) is 22.2. The van der Waals surface area contributed by atoms with Crippen LogP contribution in [0.2, 0.25) is 0 Å². The molecule has 30 heavy (non-hydrogen) atoms. The largest absolute Gasteiger partial charge is 0.489 e. The molecular formula is C23H35N5O2. The number of piperidine rings is 1. The molecule has 7 heteroatoms. The molecule has 0 bridgehead atoms. The van der Waals surface area contributed by atoms with Crippen molar-refractivity contribution in [1.29, 1.82) is 0 Å². The summed E-state index contributed by atoms with van der Waals surface area (Å²) in [6.45, 7) is 10.7. The van der Waals surface area contributed by atoms with E-state index in [9.17, 15) is 4.79 Å². The summed E-state index contributed by atoms with van der Waals surface area (Å²) in [6, 6.07) is 8.02. The minimum absolute atomic E-state index is 0.279. The molecule has 1 N–H and O–H groups in total. The highest BCUT2D eigenvalue weighted by molar-refractivity contribution is 5.80. The maximum absolute atomic E-state index is 12.5. The first-order valence-corrected chi connectivity index (χ1v) is 11.0. The van der Waals surface area contributed by atoms with Gasteiger partial charge >= 0.3 is 0 Å². The Kier molecular flexibility index (Phi) is 8.56. The van der Waals surface area contributed by atoms with E-state index in [2.05, 4.69) is 32.8 Å². The van der Waals surface area contributed by atoms with Gasteiger partial charge in [-0.15, -0.1) is 0 Å². The van der Waals surface area contributed by atoms with Crippen LogP contribution in [0.5, 0.6) is 5.75 Å². The van der Waals surface area contributed by atoms with Gasteiger partial charge in [0.1, 0.15) is 12.4 Å². The van der Waals surface area contributed by atoms with Crippen molar-refractivity contribution in [3.05, 3.63) is 42.5 Å². The molecule has 7 nitrogen and oxygen atoms in total. The lowest BCUT2D eigenvalue weighted by molar-refractivity contribution is -0.133. The van der Waals surface area contributed by atoms with Gasteiger partial charge in [-0.3, -0.25) is 14.7 Å². The van der Waals surface area contributed by atoms with E-state index in [-0.39, 0.29) is 5.91 Å². The Bertz CT molecular complexity index is 722. The van der Waals surface area contributed by atoms with Crippen molar-refractivity contribution < 1.29 is 9.53 Å². The number of para-hydroxylation sites is 1. The Morgan fingerprint density at radius 1 is 1.10 bits per heavy atom. The molecule has 1 aromatic rings. The van der Waals surface area contributed by atoms with Crippen LogP contribution in [0.15, 0.2) is 41.9 Å². The zero-order valence-corrected chi connectivity index (χ0v) is 18.2. The van der Waals surface area contributed by atoms with E-state index in [1.807, 2.05) is 30.1 Å². The van der Waals surface area contributed by atoms with Crippen molar-refractivity contribution in [2.45, 2.75) is 25.8 Å². The summed E-state index contributed by atoms with van der Waals surface area (Å²) in [7, 11) is 1.81. The van der Waals surface area contributed by atoms with Crippen LogP contribution >= 0.6 is 0 Å². The first-order chi connectivity index (χ1) is 14.7. The molecule has 0 aromatic heterocycles. The fourth-order valence-electron chi connectivity index (χ4n) is 4.00. The SMILES string of the molecule is C=CCOc1ccccc1CNC(=NC)N1CCN(CC(=O)N2CCCCC2)CC1. The molecular weight excluding hydrogens is 378 g/mol. The fraction of sp³-hybridized carbons (Fsp3) is 0.565. The molecule has 0 atom stereocenters. The molecule has 2 aliphatic rings. The van der Waals surface area contributed by atoms with Crippen molar-refractivity contribution in [1.82, 2.24) is 20.0 Å². The number of benzene rings is 1. The van der Waals surface area contributed by atoms with Gasteiger partial charge in [0.25, 0.3) is 0 Å². The predicted molar refractivity (Wildman–Crippen MR) is 121 cm³/mol. The van der Waals surface area contributed by atoms with Crippen LogP contribution < -0.4 is 10.1 Å². The second-order valence-corrected chi connectivity index (χ2v) is 7.81. The van der Waals surface area contributed by atoms with Gasteiger partial charge in [0.05, 0.1) is 6.54 Å². The predicted octanol–water partition coefficient (Wildman–Crippen LogP) is 1.96. The number of ether oxygens (including phenoxy) is 1. The van der Waals surface area contributed by atoms with Gasteiger partial charge in [-0.2, -0.15) is 0 Å². The molecule has 0 aliphatic carbocycles. The molecule has 2 fully saturated rings. The van der Waals surface area contributed by atoms with Crippen molar-refractivity contribution >= 4 is 11.9 Å². The van der Waals surface area contributed by atoms with Gasteiger partial charge in [-0.25, -0.2) is 0 Å². The van der Waals surface area contributed by atoms with E-state index in [0.29, 0.717) is 19.7 Å². The van der Waals surface area contributed by atoms with Gasteiger partial charge in [0.15, 0.2) is 5.96 Å². The van der Waals surface area contributed by atoms with Crippen molar-refractivity contribution in [2.24, 2.45) is 4.99 Å². The van der Waals surface area contributed by atoms with E-state index in [4.69, 9.17) is 4.74 Å². The molecule has 2 heterocycles. The van der Waals surface area contributed by atoms with E-state index in [1.165, 1.54) is 6.42 Å². The number of nitrogens with zero attached hydrogens (tertiary/aromatic N) is 4. The number of rotatable bonds is 7. The van der Waals surface area contributed by atoms with E-state index in [0.717, 1.165) is 69.4 Å². The number of hydrogen-bond acceptors (Lipinski definition) is 4. The van der Waals surface area contributed by atoms with Crippen LogP contribution in [0.3, 0.4) is 0 Å². The average molecular weight is 414 g/mol. The summed E-state index contributed by atoms with van der Waals surface area (Å²) in [5, 5.41) is 3.46.